The second-order valence-corrected chi connectivity index (χ2v) is 4.51. The summed E-state index contributed by atoms with van der Waals surface area (Å²) in [6.07, 6.45) is 5.29. The van der Waals surface area contributed by atoms with Gasteiger partial charge in [-0.2, -0.15) is 0 Å². The van der Waals surface area contributed by atoms with Crippen molar-refractivity contribution in [1.82, 2.24) is 0 Å². The van der Waals surface area contributed by atoms with E-state index in [1.807, 2.05) is 30.4 Å². The molecule has 0 radical (unpaired) electrons. The molecule has 0 amide bonds. The number of ether oxygens (including phenoxy) is 2. The smallest absolute Gasteiger partial charge is 0.164 e. The number of allylic oxidation sites excluding steroid dienone is 2. The Morgan fingerprint density at radius 2 is 1.79 bits per heavy atom. The van der Waals surface area contributed by atoms with E-state index >= 15 is 0 Å². The summed E-state index contributed by atoms with van der Waals surface area (Å²) >= 11 is 0. The fourth-order valence-corrected chi connectivity index (χ4v) is 2.44. The van der Waals surface area contributed by atoms with Crippen LogP contribution in [-0.2, 0) is 5.41 Å². The zero-order chi connectivity index (χ0) is 14.3. The van der Waals surface area contributed by atoms with Crippen molar-refractivity contribution < 1.29 is 9.47 Å². The molecule has 0 atom stereocenters. The maximum absolute atomic E-state index is 6.04. The molecule has 0 aliphatic heterocycles. The van der Waals surface area contributed by atoms with Crippen molar-refractivity contribution in [3.05, 3.63) is 49.1 Å². The second kappa shape index (κ2) is 7.00. The van der Waals surface area contributed by atoms with Crippen molar-refractivity contribution in [3.63, 3.8) is 0 Å². The van der Waals surface area contributed by atoms with E-state index in [9.17, 15) is 0 Å². The van der Waals surface area contributed by atoms with Gasteiger partial charge < -0.3 is 15.2 Å². The molecule has 104 valence electrons. The molecule has 2 N–H and O–H groups in total. The van der Waals surface area contributed by atoms with Gasteiger partial charge in [-0.1, -0.05) is 24.3 Å². The largest absolute Gasteiger partial charge is 0.493 e. The topological polar surface area (TPSA) is 44.5 Å². The van der Waals surface area contributed by atoms with Crippen LogP contribution in [0.2, 0.25) is 0 Å². The summed E-state index contributed by atoms with van der Waals surface area (Å²) in [4.78, 5) is 0. The highest BCUT2D eigenvalue weighted by atomic mass is 16.5. The van der Waals surface area contributed by atoms with Crippen LogP contribution in [0.25, 0.3) is 0 Å². The second-order valence-electron chi connectivity index (χ2n) is 4.51. The van der Waals surface area contributed by atoms with E-state index in [0.29, 0.717) is 12.3 Å². The van der Waals surface area contributed by atoms with Crippen molar-refractivity contribution in [3.8, 4) is 11.5 Å². The van der Waals surface area contributed by atoms with Crippen LogP contribution in [0, 0.1) is 0 Å². The maximum atomic E-state index is 6.04. The van der Waals surface area contributed by atoms with E-state index in [1.165, 1.54) is 0 Å². The monoisotopic (exact) mass is 261 g/mol. The van der Waals surface area contributed by atoms with E-state index in [-0.39, 0.29) is 5.41 Å². The summed E-state index contributed by atoms with van der Waals surface area (Å²) < 4.78 is 10.9. The molecule has 0 unspecified atom stereocenters. The molecular formula is C16H23NO2. The van der Waals surface area contributed by atoms with Gasteiger partial charge in [0, 0.05) is 17.5 Å². The van der Waals surface area contributed by atoms with Gasteiger partial charge in [0.15, 0.2) is 11.5 Å². The predicted octanol–water partition coefficient (Wildman–Crippen LogP) is 3.05. The van der Waals surface area contributed by atoms with Gasteiger partial charge in [0.05, 0.1) is 14.2 Å². The molecule has 0 aliphatic rings. The number of methoxy groups -OCH3 is 2. The Bertz CT molecular complexity index is 430. The zero-order valence-electron chi connectivity index (χ0n) is 11.8. The van der Waals surface area contributed by atoms with E-state index in [1.54, 1.807) is 14.2 Å². The van der Waals surface area contributed by atoms with Crippen LogP contribution >= 0.6 is 0 Å². The Labute approximate surface area is 115 Å². The number of hydrogen-bond acceptors (Lipinski definition) is 3. The number of nitrogens with two attached hydrogens (primary N) is 1. The third-order valence-electron chi connectivity index (χ3n) is 3.44. The number of rotatable bonds is 8. The first-order valence-corrected chi connectivity index (χ1v) is 6.32. The lowest BCUT2D eigenvalue weighted by atomic mass is 9.74. The van der Waals surface area contributed by atoms with Gasteiger partial charge in [0.1, 0.15) is 0 Å². The lowest BCUT2D eigenvalue weighted by Crippen LogP contribution is -2.34. The van der Waals surface area contributed by atoms with Crippen LogP contribution in [0.15, 0.2) is 43.5 Å². The SMILES string of the molecule is C=CCC(CN)(CC=C)c1cccc(OC)c1OC. The Morgan fingerprint density at radius 3 is 2.21 bits per heavy atom. The fraction of sp³-hybridized carbons (Fsp3) is 0.375. The first-order chi connectivity index (χ1) is 9.18. The van der Waals surface area contributed by atoms with Gasteiger partial charge in [0.2, 0.25) is 0 Å². The molecule has 0 saturated carbocycles. The standard InChI is InChI=1S/C16H23NO2/c1-5-10-16(12-17,11-6-2)13-8-7-9-14(18-3)15(13)19-4/h5-9H,1-2,10-12,17H2,3-4H3. The molecule has 3 nitrogen and oxygen atoms in total. The van der Waals surface area contributed by atoms with Gasteiger partial charge in [-0.3, -0.25) is 0 Å². The van der Waals surface area contributed by atoms with Gasteiger partial charge in [-0.15, -0.1) is 13.2 Å². The summed E-state index contributed by atoms with van der Waals surface area (Å²) in [6, 6.07) is 5.86. The first kappa shape index (κ1) is 15.3. The minimum atomic E-state index is -0.247. The third kappa shape index (κ3) is 2.99. The van der Waals surface area contributed by atoms with Crippen molar-refractivity contribution in [2.45, 2.75) is 18.3 Å². The number of hydrogen-bond donors (Lipinski definition) is 1. The van der Waals surface area contributed by atoms with Crippen LogP contribution in [0.4, 0.5) is 0 Å². The fourth-order valence-electron chi connectivity index (χ4n) is 2.44. The highest BCUT2D eigenvalue weighted by Crippen LogP contribution is 2.42. The molecule has 0 saturated heterocycles. The third-order valence-corrected chi connectivity index (χ3v) is 3.44. The maximum Gasteiger partial charge on any atom is 0.164 e. The summed E-state index contributed by atoms with van der Waals surface area (Å²) in [5.41, 5.74) is 6.83. The summed E-state index contributed by atoms with van der Waals surface area (Å²) in [5.74, 6) is 1.45. The molecule has 1 aromatic carbocycles. The van der Waals surface area contributed by atoms with Crippen LogP contribution in [0.3, 0.4) is 0 Å². The van der Waals surface area contributed by atoms with Crippen LogP contribution in [-0.4, -0.2) is 20.8 Å². The molecule has 1 aromatic rings. The van der Waals surface area contributed by atoms with Crippen molar-refractivity contribution in [2.24, 2.45) is 5.73 Å². The molecule has 3 heteroatoms. The highest BCUT2D eigenvalue weighted by Gasteiger charge is 2.32. The van der Waals surface area contributed by atoms with E-state index in [4.69, 9.17) is 15.2 Å². The highest BCUT2D eigenvalue weighted by molar-refractivity contribution is 5.51. The van der Waals surface area contributed by atoms with Crippen molar-refractivity contribution in [1.29, 1.82) is 0 Å². The van der Waals surface area contributed by atoms with Crippen LogP contribution < -0.4 is 15.2 Å². The number of benzene rings is 1. The van der Waals surface area contributed by atoms with E-state index in [0.717, 1.165) is 24.2 Å². The Morgan fingerprint density at radius 1 is 1.16 bits per heavy atom. The summed E-state index contributed by atoms with van der Waals surface area (Å²) in [5, 5.41) is 0. The molecule has 1 rings (SSSR count). The quantitative estimate of drug-likeness (QED) is 0.731. The van der Waals surface area contributed by atoms with Gasteiger partial charge in [0.25, 0.3) is 0 Å². The molecule has 19 heavy (non-hydrogen) atoms. The molecule has 0 heterocycles. The minimum absolute atomic E-state index is 0.247. The molecule has 0 aromatic heterocycles. The minimum Gasteiger partial charge on any atom is -0.493 e. The molecule has 0 bridgehead atoms. The molecular weight excluding hydrogens is 238 g/mol. The predicted molar refractivity (Wildman–Crippen MR) is 79.9 cm³/mol. The van der Waals surface area contributed by atoms with Gasteiger partial charge >= 0.3 is 0 Å². The lowest BCUT2D eigenvalue weighted by Gasteiger charge is -2.33. The molecule has 0 aliphatic carbocycles. The van der Waals surface area contributed by atoms with Gasteiger partial charge in [-0.25, -0.2) is 0 Å². The first-order valence-electron chi connectivity index (χ1n) is 6.32. The summed E-state index contributed by atoms with van der Waals surface area (Å²) in [6.45, 7) is 8.17. The average Bonchev–Trinajstić information content (AvgIpc) is 2.45. The zero-order valence-corrected chi connectivity index (χ0v) is 11.8. The molecule has 0 fully saturated rings. The van der Waals surface area contributed by atoms with Crippen LogP contribution in [0.5, 0.6) is 11.5 Å². The van der Waals surface area contributed by atoms with Crippen molar-refractivity contribution >= 4 is 0 Å². The van der Waals surface area contributed by atoms with E-state index in [2.05, 4.69) is 13.2 Å². The van der Waals surface area contributed by atoms with Gasteiger partial charge in [-0.05, 0) is 18.9 Å². The Balaban J connectivity index is 3.43. The normalized spacial score (nSPS) is 10.9. The van der Waals surface area contributed by atoms with E-state index < -0.39 is 0 Å². The number of para-hydroxylation sites is 1. The molecule has 0 spiro atoms. The van der Waals surface area contributed by atoms with Crippen LogP contribution in [0.1, 0.15) is 18.4 Å². The Hall–Kier alpha value is -1.74. The summed E-state index contributed by atoms with van der Waals surface area (Å²) in [7, 11) is 3.28. The van der Waals surface area contributed by atoms with Crippen molar-refractivity contribution in [2.75, 3.05) is 20.8 Å². The average molecular weight is 261 g/mol. The lowest BCUT2D eigenvalue weighted by molar-refractivity contribution is 0.336. The Kier molecular flexibility index (Phi) is 5.64.